The first-order valence-electron chi connectivity index (χ1n) is 8.21. The molecule has 0 radical (unpaired) electrons. The summed E-state index contributed by atoms with van der Waals surface area (Å²) in [6, 6.07) is 7.89. The number of carbonyl (C=O) groups is 1. The van der Waals surface area contributed by atoms with Crippen LogP contribution in [0.2, 0.25) is 0 Å². The molecule has 0 spiro atoms. The smallest absolute Gasteiger partial charge is 0.414 e. The maximum Gasteiger partial charge on any atom is 0.414 e. The normalized spacial score (nSPS) is 17.0. The number of nitrogens with one attached hydrogen (secondary N) is 1. The van der Waals surface area contributed by atoms with Crippen LogP contribution < -0.4 is 10.2 Å². The molecule has 3 rings (SSSR count). The second-order valence-corrected chi connectivity index (χ2v) is 5.87. The van der Waals surface area contributed by atoms with E-state index in [1.807, 2.05) is 38.1 Å². The fourth-order valence-electron chi connectivity index (χ4n) is 2.72. The van der Waals surface area contributed by atoms with Crippen LogP contribution in [-0.2, 0) is 11.2 Å². The van der Waals surface area contributed by atoms with Crippen molar-refractivity contribution < 1.29 is 14.1 Å². The van der Waals surface area contributed by atoms with Gasteiger partial charge in [-0.2, -0.15) is 4.98 Å². The van der Waals surface area contributed by atoms with Gasteiger partial charge in [-0.15, -0.1) is 0 Å². The molecule has 2 atom stereocenters. The van der Waals surface area contributed by atoms with Crippen LogP contribution >= 0.6 is 0 Å². The van der Waals surface area contributed by atoms with Crippen LogP contribution in [0.5, 0.6) is 0 Å². The van der Waals surface area contributed by atoms with E-state index in [-0.39, 0.29) is 18.2 Å². The number of carbonyl (C=O) groups excluding carboxylic acids is 1. The second-order valence-electron chi connectivity index (χ2n) is 5.87. The first-order chi connectivity index (χ1) is 11.6. The molecular formula is C17H22N4O3. The van der Waals surface area contributed by atoms with Gasteiger partial charge in [0.25, 0.3) is 0 Å². The Morgan fingerprint density at radius 1 is 1.33 bits per heavy atom. The number of aryl methyl sites for hydroxylation is 1. The molecule has 1 aromatic carbocycles. The minimum Gasteiger partial charge on any atom is -0.447 e. The van der Waals surface area contributed by atoms with Gasteiger partial charge in [-0.1, -0.05) is 24.2 Å². The number of ether oxygens (including phenoxy) is 1. The van der Waals surface area contributed by atoms with Crippen LogP contribution in [0.3, 0.4) is 0 Å². The highest BCUT2D eigenvalue weighted by Crippen LogP contribution is 2.24. The Morgan fingerprint density at radius 2 is 2.17 bits per heavy atom. The molecule has 128 valence electrons. The van der Waals surface area contributed by atoms with Gasteiger partial charge in [0, 0.05) is 18.2 Å². The minimum absolute atomic E-state index is 0.0618. The van der Waals surface area contributed by atoms with Gasteiger partial charge in [-0.05, 0) is 31.5 Å². The lowest BCUT2D eigenvalue weighted by molar-refractivity contribution is 0.181. The van der Waals surface area contributed by atoms with Crippen molar-refractivity contribution in [2.45, 2.75) is 39.3 Å². The zero-order valence-electron chi connectivity index (χ0n) is 14.2. The first-order valence-corrected chi connectivity index (χ1v) is 8.21. The summed E-state index contributed by atoms with van der Waals surface area (Å²) in [6.45, 7) is 7.07. The molecule has 2 heterocycles. The van der Waals surface area contributed by atoms with Gasteiger partial charge < -0.3 is 9.26 Å². The number of cyclic esters (lactones) is 1. The highest BCUT2D eigenvalue weighted by atomic mass is 16.6. The Labute approximate surface area is 141 Å². The van der Waals surface area contributed by atoms with E-state index in [4.69, 9.17) is 9.26 Å². The lowest BCUT2D eigenvalue weighted by Gasteiger charge is -2.20. The third-order valence-corrected chi connectivity index (χ3v) is 4.11. The molecular weight excluding hydrogens is 308 g/mol. The highest BCUT2D eigenvalue weighted by molar-refractivity contribution is 5.89. The lowest BCUT2D eigenvalue weighted by Crippen LogP contribution is -2.25. The van der Waals surface area contributed by atoms with E-state index >= 15 is 0 Å². The van der Waals surface area contributed by atoms with Crippen LogP contribution in [0.25, 0.3) is 0 Å². The van der Waals surface area contributed by atoms with Crippen molar-refractivity contribution in [3.63, 3.8) is 0 Å². The zero-order chi connectivity index (χ0) is 17.1. The molecule has 0 unspecified atom stereocenters. The van der Waals surface area contributed by atoms with Crippen LogP contribution in [0.1, 0.15) is 50.1 Å². The van der Waals surface area contributed by atoms with Crippen molar-refractivity contribution in [2.75, 3.05) is 18.1 Å². The van der Waals surface area contributed by atoms with E-state index in [2.05, 4.69) is 22.4 Å². The average Bonchev–Trinajstić information content (AvgIpc) is 3.23. The summed E-state index contributed by atoms with van der Waals surface area (Å²) in [5.41, 5.74) is 1.93. The monoisotopic (exact) mass is 330 g/mol. The summed E-state index contributed by atoms with van der Waals surface area (Å²) < 4.78 is 10.3. The summed E-state index contributed by atoms with van der Waals surface area (Å²) in [7, 11) is 0. The zero-order valence-corrected chi connectivity index (χ0v) is 14.2. The quantitative estimate of drug-likeness (QED) is 0.877. The Morgan fingerprint density at radius 3 is 2.83 bits per heavy atom. The van der Waals surface area contributed by atoms with Crippen molar-refractivity contribution in [3.8, 4) is 0 Å². The number of anilines is 1. The number of hydrogen-bond acceptors (Lipinski definition) is 6. The molecule has 1 aromatic heterocycles. The largest absolute Gasteiger partial charge is 0.447 e. The van der Waals surface area contributed by atoms with Gasteiger partial charge in [-0.25, -0.2) is 4.79 Å². The Hall–Kier alpha value is -2.41. The number of amides is 1. The van der Waals surface area contributed by atoms with Crippen LogP contribution in [0, 0.1) is 0 Å². The molecule has 24 heavy (non-hydrogen) atoms. The molecule has 1 fully saturated rings. The highest BCUT2D eigenvalue weighted by Gasteiger charge is 2.24. The van der Waals surface area contributed by atoms with E-state index in [1.54, 1.807) is 4.90 Å². The molecule has 2 aromatic rings. The molecule has 0 bridgehead atoms. The van der Waals surface area contributed by atoms with Crippen LogP contribution in [-0.4, -0.2) is 29.4 Å². The van der Waals surface area contributed by atoms with Crippen molar-refractivity contribution in [3.05, 3.63) is 41.5 Å². The molecule has 0 saturated carbocycles. The molecule has 7 nitrogen and oxygen atoms in total. The molecule has 1 amide bonds. The number of aromatic nitrogens is 2. The number of benzene rings is 1. The van der Waals surface area contributed by atoms with Gasteiger partial charge in [0.05, 0.1) is 12.6 Å². The molecule has 1 aliphatic rings. The fraction of sp³-hybridized carbons (Fsp3) is 0.471. The van der Waals surface area contributed by atoms with Gasteiger partial charge >= 0.3 is 6.09 Å². The standard InChI is InChI=1S/C17H22N4O3/c1-4-15-19-16(24-20-15)12(3)18-11(2)13-6-5-7-14(10-13)21-8-9-23-17(21)22/h5-7,10-12,18H,4,8-9H2,1-3H3/t11-,12+/m1/s1. The van der Waals surface area contributed by atoms with Gasteiger partial charge in [-0.3, -0.25) is 10.2 Å². The predicted octanol–water partition coefficient (Wildman–Crippen LogP) is 3.00. The molecule has 1 aliphatic heterocycles. The van der Waals surface area contributed by atoms with E-state index in [0.29, 0.717) is 24.9 Å². The van der Waals surface area contributed by atoms with Crippen molar-refractivity contribution in [1.82, 2.24) is 15.5 Å². The third kappa shape index (κ3) is 3.41. The number of nitrogens with zero attached hydrogens (tertiary/aromatic N) is 3. The minimum atomic E-state index is -0.293. The number of hydrogen-bond donors (Lipinski definition) is 1. The molecule has 7 heteroatoms. The SMILES string of the molecule is CCc1noc([C@H](C)N[C@H](C)c2cccc(N3CCOC3=O)c2)n1. The summed E-state index contributed by atoms with van der Waals surface area (Å²) in [5, 5.41) is 7.37. The van der Waals surface area contributed by atoms with E-state index in [0.717, 1.165) is 17.7 Å². The van der Waals surface area contributed by atoms with Crippen LogP contribution in [0.4, 0.5) is 10.5 Å². The van der Waals surface area contributed by atoms with Gasteiger partial charge in [0.2, 0.25) is 5.89 Å². The summed E-state index contributed by atoms with van der Waals surface area (Å²) in [6.07, 6.45) is 0.457. The summed E-state index contributed by atoms with van der Waals surface area (Å²) in [4.78, 5) is 17.7. The molecule has 1 saturated heterocycles. The predicted molar refractivity (Wildman–Crippen MR) is 88.8 cm³/mol. The number of rotatable bonds is 6. The lowest BCUT2D eigenvalue weighted by atomic mass is 10.1. The van der Waals surface area contributed by atoms with E-state index in [9.17, 15) is 4.79 Å². The molecule has 0 aliphatic carbocycles. The maximum absolute atomic E-state index is 11.7. The summed E-state index contributed by atoms with van der Waals surface area (Å²) >= 11 is 0. The average molecular weight is 330 g/mol. The summed E-state index contributed by atoms with van der Waals surface area (Å²) in [5.74, 6) is 1.29. The topological polar surface area (TPSA) is 80.5 Å². The Balaban J connectivity index is 1.70. The van der Waals surface area contributed by atoms with Crippen molar-refractivity contribution >= 4 is 11.8 Å². The van der Waals surface area contributed by atoms with Gasteiger partial charge in [0.1, 0.15) is 6.61 Å². The first kappa shape index (κ1) is 16.4. The van der Waals surface area contributed by atoms with Gasteiger partial charge in [0.15, 0.2) is 5.82 Å². The van der Waals surface area contributed by atoms with Crippen LogP contribution in [0.15, 0.2) is 28.8 Å². The van der Waals surface area contributed by atoms with Crippen molar-refractivity contribution in [2.24, 2.45) is 0 Å². The second kappa shape index (κ2) is 7.00. The Bertz CT molecular complexity index is 715. The molecule has 1 N–H and O–H groups in total. The fourth-order valence-corrected chi connectivity index (χ4v) is 2.72. The third-order valence-electron chi connectivity index (χ3n) is 4.11. The Kier molecular flexibility index (Phi) is 4.80. The van der Waals surface area contributed by atoms with Crippen molar-refractivity contribution in [1.29, 1.82) is 0 Å². The maximum atomic E-state index is 11.7. The van der Waals surface area contributed by atoms with E-state index in [1.165, 1.54) is 0 Å². The van der Waals surface area contributed by atoms with E-state index < -0.39 is 0 Å².